The van der Waals surface area contributed by atoms with Gasteiger partial charge in [-0.25, -0.2) is 4.39 Å². The van der Waals surface area contributed by atoms with Crippen LogP contribution in [0.3, 0.4) is 0 Å². The van der Waals surface area contributed by atoms with Crippen molar-refractivity contribution >= 4 is 10.8 Å². The number of benzene rings is 4. The lowest BCUT2D eigenvalue weighted by molar-refractivity contribution is 0.636. The van der Waals surface area contributed by atoms with Gasteiger partial charge < -0.3 is 0 Å². The Kier molecular flexibility index (Phi) is 7.96. The van der Waals surface area contributed by atoms with Crippen LogP contribution in [-0.2, 0) is 12.8 Å². The van der Waals surface area contributed by atoms with Crippen molar-refractivity contribution in [2.24, 2.45) is 0 Å². The van der Waals surface area contributed by atoms with Gasteiger partial charge in [0.2, 0.25) is 0 Å². The first-order chi connectivity index (χ1) is 17.2. The fourth-order valence-electron chi connectivity index (χ4n) is 3.81. The maximum Gasteiger partial charge on any atom is 0.146 e. The molecule has 0 unspecified atom stereocenters. The first-order valence-corrected chi connectivity index (χ1v) is 11.8. The smallest absolute Gasteiger partial charge is 0.146 e. The predicted octanol–water partition coefficient (Wildman–Crippen LogP) is 8.02. The second kappa shape index (κ2) is 11.7. The Hall–Kier alpha value is -4.33. The molecular weight excluding hydrogens is 427 g/mol. The molecule has 0 radical (unpaired) electrons. The molecule has 0 bridgehead atoms. The molecule has 4 aromatic carbocycles. The van der Waals surface area contributed by atoms with Gasteiger partial charge in [0.25, 0.3) is 0 Å². The highest BCUT2D eigenvalue weighted by Crippen LogP contribution is 2.23. The Morgan fingerprint density at radius 2 is 1.11 bits per heavy atom. The zero-order chi connectivity index (χ0) is 24.5. The fraction of sp³-hybridized carbons (Fsp3) is 0.118. The lowest BCUT2D eigenvalue weighted by atomic mass is 10.0. The summed E-state index contributed by atoms with van der Waals surface area (Å²) < 4.78 is 15.0. The van der Waals surface area contributed by atoms with Gasteiger partial charge in [-0.15, -0.1) is 13.2 Å². The largest absolute Gasteiger partial charge is 0.205 e. The van der Waals surface area contributed by atoms with E-state index in [4.69, 9.17) is 0 Å². The average Bonchev–Trinajstić information content (AvgIpc) is 2.90. The molecule has 0 spiro atoms. The Balaban J connectivity index is 1.46. The molecule has 4 rings (SSSR count). The first-order valence-electron chi connectivity index (χ1n) is 11.8. The highest BCUT2D eigenvalue weighted by Gasteiger charge is 2.06. The van der Waals surface area contributed by atoms with Crippen LogP contribution < -0.4 is 0 Å². The molecule has 0 aliphatic carbocycles. The maximum atomic E-state index is 15.0. The van der Waals surface area contributed by atoms with E-state index in [1.165, 1.54) is 11.1 Å². The standard InChI is InChI=1S/C34H27F/c1-3-5-7-26-9-11-27(12-10-26)13-14-28-15-17-29(18-16-28)19-21-31-22-23-32-25-30(8-6-4-2)20-24-33(32)34(31)35/h3-4,9-12,15-18,20,22-25H,1-2,5-8H2. The van der Waals surface area contributed by atoms with Gasteiger partial charge in [-0.3, -0.25) is 0 Å². The van der Waals surface area contributed by atoms with Crippen molar-refractivity contribution < 1.29 is 4.39 Å². The fourth-order valence-corrected chi connectivity index (χ4v) is 3.81. The third kappa shape index (κ3) is 6.38. The molecular formula is C34H27F. The number of hydrogen-bond acceptors (Lipinski definition) is 0. The molecule has 0 nitrogen and oxygen atoms in total. The molecule has 0 amide bonds. The number of aryl methyl sites for hydroxylation is 2. The maximum absolute atomic E-state index is 15.0. The van der Waals surface area contributed by atoms with E-state index in [1.54, 1.807) is 6.07 Å². The van der Waals surface area contributed by atoms with Crippen LogP contribution in [0.4, 0.5) is 4.39 Å². The van der Waals surface area contributed by atoms with Gasteiger partial charge in [0, 0.05) is 22.1 Å². The highest BCUT2D eigenvalue weighted by molar-refractivity contribution is 5.85. The number of hydrogen-bond donors (Lipinski definition) is 0. The quantitative estimate of drug-likeness (QED) is 0.204. The first kappa shape index (κ1) is 23.8. The summed E-state index contributed by atoms with van der Waals surface area (Å²) in [4.78, 5) is 0. The van der Waals surface area contributed by atoms with Crippen LogP contribution in [0.25, 0.3) is 10.8 Å². The molecule has 35 heavy (non-hydrogen) atoms. The van der Waals surface area contributed by atoms with Crippen LogP contribution >= 0.6 is 0 Å². The van der Waals surface area contributed by atoms with Crippen LogP contribution in [0, 0.1) is 29.5 Å². The van der Waals surface area contributed by atoms with Crippen molar-refractivity contribution in [3.63, 3.8) is 0 Å². The normalized spacial score (nSPS) is 10.1. The van der Waals surface area contributed by atoms with Crippen molar-refractivity contribution in [2.45, 2.75) is 25.7 Å². The molecule has 170 valence electrons. The van der Waals surface area contributed by atoms with Gasteiger partial charge in [-0.2, -0.15) is 0 Å². The average molecular weight is 455 g/mol. The van der Waals surface area contributed by atoms with Crippen LogP contribution in [0.15, 0.2) is 104 Å². The van der Waals surface area contributed by atoms with E-state index in [2.05, 4.69) is 49.0 Å². The van der Waals surface area contributed by atoms with Gasteiger partial charge in [0.05, 0.1) is 5.56 Å². The molecule has 0 atom stereocenters. The minimum atomic E-state index is -0.275. The van der Waals surface area contributed by atoms with Gasteiger partial charge in [-0.1, -0.05) is 72.2 Å². The summed E-state index contributed by atoms with van der Waals surface area (Å²) in [5.41, 5.74) is 5.58. The highest BCUT2D eigenvalue weighted by atomic mass is 19.1. The number of halogens is 1. The lowest BCUT2D eigenvalue weighted by Crippen LogP contribution is -1.89. The molecule has 4 aromatic rings. The zero-order valence-electron chi connectivity index (χ0n) is 19.8. The second-order valence-corrected chi connectivity index (χ2v) is 8.41. The second-order valence-electron chi connectivity index (χ2n) is 8.41. The van der Waals surface area contributed by atoms with E-state index in [-0.39, 0.29) is 5.82 Å². The summed E-state index contributed by atoms with van der Waals surface area (Å²) in [6, 6.07) is 25.6. The molecule has 0 N–H and O–H groups in total. The summed E-state index contributed by atoms with van der Waals surface area (Å²) >= 11 is 0. The molecule has 0 aliphatic rings. The van der Waals surface area contributed by atoms with Crippen molar-refractivity contribution in [2.75, 3.05) is 0 Å². The van der Waals surface area contributed by atoms with Gasteiger partial charge in [0.15, 0.2) is 0 Å². The van der Waals surface area contributed by atoms with Crippen LogP contribution in [0.2, 0.25) is 0 Å². The molecule has 0 heterocycles. The van der Waals surface area contributed by atoms with E-state index in [0.717, 1.165) is 47.8 Å². The molecule has 0 fully saturated rings. The topological polar surface area (TPSA) is 0 Å². The monoisotopic (exact) mass is 454 g/mol. The van der Waals surface area contributed by atoms with Gasteiger partial charge >= 0.3 is 0 Å². The number of allylic oxidation sites excluding steroid dienone is 2. The Labute approximate surface area is 207 Å². The molecule has 0 aromatic heterocycles. The van der Waals surface area contributed by atoms with Crippen LogP contribution in [0.5, 0.6) is 0 Å². The van der Waals surface area contributed by atoms with Crippen molar-refractivity contribution in [1.82, 2.24) is 0 Å². The SMILES string of the molecule is C=CCCc1ccc(C#Cc2ccc(C#Cc3ccc4cc(CCC=C)ccc4c3F)cc2)cc1. The molecule has 0 saturated carbocycles. The Bertz CT molecular complexity index is 1460. The van der Waals surface area contributed by atoms with Gasteiger partial charge in [-0.05, 0) is 84.7 Å². The van der Waals surface area contributed by atoms with E-state index < -0.39 is 0 Å². The summed E-state index contributed by atoms with van der Waals surface area (Å²) in [6.45, 7) is 7.53. The lowest BCUT2D eigenvalue weighted by Gasteiger charge is -2.05. The minimum absolute atomic E-state index is 0.275. The van der Waals surface area contributed by atoms with E-state index in [1.807, 2.05) is 72.8 Å². The predicted molar refractivity (Wildman–Crippen MR) is 146 cm³/mol. The summed E-state index contributed by atoms with van der Waals surface area (Å²) in [5, 5.41) is 1.49. The zero-order valence-corrected chi connectivity index (χ0v) is 19.8. The molecule has 0 aliphatic heterocycles. The summed E-state index contributed by atoms with van der Waals surface area (Å²) in [7, 11) is 0. The number of fused-ring (bicyclic) bond motifs is 1. The van der Waals surface area contributed by atoms with E-state index >= 15 is 4.39 Å². The minimum Gasteiger partial charge on any atom is -0.205 e. The van der Waals surface area contributed by atoms with Crippen LogP contribution in [-0.4, -0.2) is 0 Å². The van der Waals surface area contributed by atoms with Gasteiger partial charge in [0.1, 0.15) is 5.82 Å². The number of rotatable bonds is 6. The van der Waals surface area contributed by atoms with Crippen molar-refractivity contribution in [1.29, 1.82) is 0 Å². The van der Waals surface area contributed by atoms with E-state index in [9.17, 15) is 0 Å². The molecule has 1 heteroatoms. The third-order valence-corrected chi connectivity index (χ3v) is 5.82. The van der Waals surface area contributed by atoms with Crippen molar-refractivity contribution in [3.05, 3.63) is 143 Å². The molecule has 0 saturated heterocycles. The third-order valence-electron chi connectivity index (χ3n) is 5.82. The summed E-state index contributed by atoms with van der Waals surface area (Å²) in [5.74, 6) is 12.2. The van der Waals surface area contributed by atoms with E-state index in [0.29, 0.717) is 10.9 Å². The summed E-state index contributed by atoms with van der Waals surface area (Å²) in [6.07, 6.45) is 7.62. The van der Waals surface area contributed by atoms with Crippen molar-refractivity contribution in [3.8, 4) is 23.7 Å². The van der Waals surface area contributed by atoms with Crippen LogP contribution in [0.1, 0.15) is 46.2 Å². The Morgan fingerprint density at radius 1 is 0.600 bits per heavy atom. The Morgan fingerprint density at radius 3 is 1.71 bits per heavy atom.